The molecule has 4 N–H and O–H groups in total. The van der Waals surface area contributed by atoms with E-state index < -0.39 is 5.96 Å². The Balaban J connectivity index is 0. The van der Waals surface area contributed by atoms with Gasteiger partial charge in [0.25, 0.3) is 0 Å². The van der Waals surface area contributed by atoms with Crippen molar-refractivity contribution in [3.05, 3.63) is 5.32 Å². The van der Waals surface area contributed by atoms with Crippen molar-refractivity contribution in [2.75, 3.05) is 7.11 Å². The third kappa shape index (κ3) is 7.36. The minimum atomic E-state index is -0.420. The number of hydrogen-bond donors (Lipinski definition) is 3. The zero-order chi connectivity index (χ0) is 6.57. The van der Waals surface area contributed by atoms with E-state index in [0.29, 0.717) is 0 Å². The predicted molar refractivity (Wildman–Crippen MR) is 30.0 cm³/mol. The molecule has 0 saturated heterocycles. The largest absolute Gasteiger partial charge is 0.485 e. The maximum absolute atomic E-state index is 6.66. The Kier molecular flexibility index (Phi) is 6.84. The first-order valence-electron chi connectivity index (χ1n) is 1.85. The molecule has 0 aliphatic rings. The number of amidine groups is 1. The monoisotopic (exact) mass is 179 g/mol. The van der Waals surface area contributed by atoms with Crippen LogP contribution in [0.1, 0.15) is 0 Å². The van der Waals surface area contributed by atoms with Crippen molar-refractivity contribution in [3.63, 3.8) is 0 Å². The number of methoxy groups -OCH3 is 1. The van der Waals surface area contributed by atoms with Gasteiger partial charge in [-0.25, -0.2) is 0 Å². The van der Waals surface area contributed by atoms with Gasteiger partial charge in [0.15, 0.2) is 6.02 Å². The number of nitrogens with one attached hydrogen (secondary N) is 2. The molecular formula is C3H7N4OZn-. The van der Waals surface area contributed by atoms with Gasteiger partial charge in [-0.1, -0.05) is 0 Å². The first-order valence-corrected chi connectivity index (χ1v) is 1.85. The summed E-state index contributed by atoms with van der Waals surface area (Å²) < 4.78 is 4.26. The molecule has 0 fully saturated rings. The van der Waals surface area contributed by atoms with E-state index in [9.17, 15) is 0 Å². The van der Waals surface area contributed by atoms with Crippen LogP contribution >= 0.6 is 0 Å². The number of nitrogens with zero attached hydrogens (tertiary/aromatic N) is 1. The molecule has 0 aliphatic carbocycles. The summed E-state index contributed by atoms with van der Waals surface area (Å²) in [6, 6.07) is -0.350. The molecule has 0 atom stereocenters. The van der Waals surface area contributed by atoms with Crippen molar-refractivity contribution < 1.29 is 24.2 Å². The van der Waals surface area contributed by atoms with E-state index in [4.69, 9.17) is 16.6 Å². The summed E-state index contributed by atoms with van der Waals surface area (Å²) in [6.07, 6.45) is 0. The van der Waals surface area contributed by atoms with Crippen LogP contribution in [0.4, 0.5) is 0 Å². The van der Waals surface area contributed by atoms with Crippen molar-refractivity contribution in [3.8, 4) is 0 Å². The molecular weight excluding hydrogens is 173 g/mol. The van der Waals surface area contributed by atoms with Crippen LogP contribution in [0.15, 0.2) is 0 Å². The van der Waals surface area contributed by atoms with Gasteiger partial charge in [0.05, 0.1) is 13.1 Å². The fourth-order valence-electron chi connectivity index (χ4n) is 0.155. The van der Waals surface area contributed by atoms with Gasteiger partial charge in [-0.05, 0) is 0 Å². The van der Waals surface area contributed by atoms with Gasteiger partial charge >= 0.3 is 0 Å². The Bertz CT molecular complexity index is 114. The minimum Gasteiger partial charge on any atom is -0.485 e. The summed E-state index contributed by atoms with van der Waals surface area (Å²) in [6.45, 7) is 0. The van der Waals surface area contributed by atoms with Crippen LogP contribution in [0.25, 0.3) is 5.32 Å². The molecule has 0 spiro atoms. The first-order chi connectivity index (χ1) is 3.66. The molecule has 0 aliphatic heterocycles. The topological polar surface area (TPSA) is 97.0 Å². The van der Waals surface area contributed by atoms with Crippen LogP contribution in [-0.2, 0) is 24.2 Å². The zero-order valence-electron chi connectivity index (χ0n) is 5.14. The average molecular weight is 181 g/mol. The fourth-order valence-corrected chi connectivity index (χ4v) is 0.155. The van der Waals surface area contributed by atoms with Crippen molar-refractivity contribution >= 4 is 12.0 Å². The second-order valence-electron chi connectivity index (χ2n) is 1.01. The van der Waals surface area contributed by atoms with Crippen LogP contribution < -0.4 is 5.73 Å². The molecule has 6 heteroatoms. The Labute approximate surface area is 65.7 Å². The second kappa shape index (κ2) is 5.50. The number of hydrogen-bond acceptors (Lipinski definition) is 3. The molecule has 0 radical (unpaired) electrons. The number of guanidine groups is 1. The van der Waals surface area contributed by atoms with Crippen LogP contribution in [0.3, 0.4) is 0 Å². The van der Waals surface area contributed by atoms with E-state index in [1.54, 1.807) is 0 Å². The van der Waals surface area contributed by atoms with Crippen molar-refractivity contribution in [1.82, 2.24) is 0 Å². The standard InChI is InChI=1S/C3H7N4O.Zn/c1-8-3(6)7-2(4)5;/h1H3,(H4-,4,5,6,7);/q-1;. The summed E-state index contributed by atoms with van der Waals surface area (Å²) >= 11 is 0. The van der Waals surface area contributed by atoms with Gasteiger partial charge in [-0.2, -0.15) is 0 Å². The van der Waals surface area contributed by atoms with Gasteiger partial charge in [-0.15, -0.1) is 0 Å². The Morgan fingerprint density at radius 2 is 2.00 bits per heavy atom. The van der Waals surface area contributed by atoms with Gasteiger partial charge in [0.2, 0.25) is 0 Å². The maximum Gasteiger partial charge on any atom is 0.197 e. The maximum atomic E-state index is 6.66. The number of rotatable bonds is 0. The molecule has 9 heavy (non-hydrogen) atoms. The number of nitrogens with two attached hydrogens (primary N) is 1. The minimum absolute atomic E-state index is 0. The van der Waals surface area contributed by atoms with Gasteiger partial charge in [-0.3, -0.25) is 5.32 Å². The van der Waals surface area contributed by atoms with Gasteiger partial charge < -0.3 is 21.3 Å². The van der Waals surface area contributed by atoms with Crippen LogP contribution in [-0.4, -0.2) is 19.1 Å². The molecule has 0 aromatic heterocycles. The van der Waals surface area contributed by atoms with E-state index in [-0.39, 0.29) is 25.5 Å². The molecule has 0 amide bonds. The molecule has 0 unspecified atom stereocenters. The van der Waals surface area contributed by atoms with Crippen LogP contribution in [0, 0.1) is 10.8 Å². The smallest absolute Gasteiger partial charge is 0.197 e. The second-order valence-corrected chi connectivity index (χ2v) is 1.01. The Morgan fingerprint density at radius 3 is 2.11 bits per heavy atom. The van der Waals surface area contributed by atoms with Crippen LogP contribution in [0.2, 0.25) is 0 Å². The van der Waals surface area contributed by atoms with E-state index in [1.807, 2.05) is 0 Å². The van der Waals surface area contributed by atoms with E-state index in [2.05, 4.69) is 10.1 Å². The number of ether oxygens (including phenoxy) is 1. The fraction of sp³-hybridized carbons (Fsp3) is 0.333. The van der Waals surface area contributed by atoms with Crippen molar-refractivity contribution in [2.45, 2.75) is 0 Å². The Morgan fingerprint density at radius 1 is 1.56 bits per heavy atom. The van der Waals surface area contributed by atoms with E-state index in [1.165, 1.54) is 7.11 Å². The van der Waals surface area contributed by atoms with E-state index in [0.717, 1.165) is 0 Å². The first kappa shape index (κ1) is 11.2. The molecule has 5 nitrogen and oxygen atoms in total. The molecule has 0 heterocycles. The normalized spacial score (nSPS) is 6.78. The van der Waals surface area contributed by atoms with Gasteiger partial charge in [0, 0.05) is 19.5 Å². The third-order valence-corrected chi connectivity index (χ3v) is 0.415. The molecule has 0 saturated carbocycles. The Hall–Kier alpha value is -0.637. The molecule has 0 aromatic carbocycles. The van der Waals surface area contributed by atoms with Crippen molar-refractivity contribution in [1.29, 1.82) is 10.8 Å². The van der Waals surface area contributed by atoms with Gasteiger partial charge in [0.1, 0.15) is 0 Å². The van der Waals surface area contributed by atoms with E-state index >= 15 is 0 Å². The summed E-state index contributed by atoms with van der Waals surface area (Å²) in [5.41, 5.74) is 4.76. The summed E-state index contributed by atoms with van der Waals surface area (Å²) in [4.78, 5) is 0. The van der Waals surface area contributed by atoms with Crippen molar-refractivity contribution in [2.24, 2.45) is 5.73 Å². The molecule has 0 rings (SSSR count). The quantitative estimate of drug-likeness (QED) is 0.274. The zero-order valence-corrected chi connectivity index (χ0v) is 8.11. The summed E-state index contributed by atoms with van der Waals surface area (Å²) in [7, 11) is 1.29. The molecule has 48 valence electrons. The predicted octanol–water partition coefficient (Wildman–Crippen LogP) is -0.168. The SMILES string of the molecule is COC(=N)[N-]C(=N)N.[Zn]. The third-order valence-electron chi connectivity index (χ3n) is 0.415. The van der Waals surface area contributed by atoms with Crippen LogP contribution in [0.5, 0.6) is 0 Å². The average Bonchev–Trinajstić information content (AvgIpc) is 1.65. The summed E-state index contributed by atoms with van der Waals surface area (Å²) in [5, 5.41) is 16.3. The molecule has 0 bridgehead atoms. The molecule has 0 aromatic rings. The summed E-state index contributed by atoms with van der Waals surface area (Å²) in [5.74, 6) is -0.420.